The molecule has 4 nitrogen and oxygen atoms in total. The van der Waals surface area contributed by atoms with Gasteiger partial charge in [-0.1, -0.05) is 23.2 Å². The van der Waals surface area contributed by atoms with Gasteiger partial charge in [-0.2, -0.15) is 0 Å². The fraction of sp³-hybridized carbons (Fsp3) is 0.231. The molecular formula is C13H9Cl2NO3. The summed E-state index contributed by atoms with van der Waals surface area (Å²) in [6, 6.07) is 1.50. The van der Waals surface area contributed by atoms with Gasteiger partial charge in [0.05, 0.1) is 15.6 Å². The second-order valence-corrected chi connectivity index (χ2v) is 5.47. The number of halogens is 2. The Kier molecular flexibility index (Phi) is 2.62. The van der Waals surface area contributed by atoms with Crippen LogP contribution in [-0.2, 0) is 6.42 Å². The molecule has 0 saturated heterocycles. The second kappa shape index (κ2) is 3.99. The minimum absolute atomic E-state index is 0.0483. The van der Waals surface area contributed by atoms with Crippen molar-refractivity contribution in [1.82, 2.24) is 4.57 Å². The summed E-state index contributed by atoms with van der Waals surface area (Å²) in [7, 11) is 0. The van der Waals surface area contributed by atoms with Crippen molar-refractivity contribution in [3.63, 3.8) is 0 Å². The van der Waals surface area contributed by atoms with Gasteiger partial charge >= 0.3 is 5.97 Å². The molecule has 1 atom stereocenters. The molecule has 98 valence electrons. The summed E-state index contributed by atoms with van der Waals surface area (Å²) in [5.41, 5.74) is 0.737. The fourth-order valence-corrected chi connectivity index (χ4v) is 3.07. The third-order valence-corrected chi connectivity index (χ3v) is 4.33. The zero-order valence-corrected chi connectivity index (χ0v) is 11.4. The van der Waals surface area contributed by atoms with Crippen LogP contribution < -0.4 is 5.43 Å². The van der Waals surface area contributed by atoms with Gasteiger partial charge in [-0.05, 0) is 25.0 Å². The molecule has 1 aliphatic heterocycles. The minimum Gasteiger partial charge on any atom is -0.477 e. The maximum Gasteiger partial charge on any atom is 0.341 e. The van der Waals surface area contributed by atoms with E-state index < -0.39 is 11.4 Å². The van der Waals surface area contributed by atoms with Crippen LogP contribution in [0.1, 0.15) is 28.9 Å². The summed E-state index contributed by atoms with van der Waals surface area (Å²) in [4.78, 5) is 23.3. The first kappa shape index (κ1) is 12.5. The van der Waals surface area contributed by atoms with Crippen LogP contribution in [-0.4, -0.2) is 15.6 Å². The Labute approximate surface area is 118 Å². The normalized spacial score (nSPS) is 17.1. The van der Waals surface area contributed by atoms with Crippen LogP contribution in [0.4, 0.5) is 0 Å². The van der Waals surface area contributed by atoms with Crippen LogP contribution in [0.2, 0.25) is 10.0 Å². The number of nitrogens with zero attached hydrogens (tertiary/aromatic N) is 1. The number of aromatic nitrogens is 1. The van der Waals surface area contributed by atoms with Gasteiger partial charge in [-0.15, -0.1) is 0 Å². The number of rotatable bonds is 1. The number of hydrogen-bond donors (Lipinski definition) is 1. The van der Waals surface area contributed by atoms with Gasteiger partial charge < -0.3 is 9.67 Å². The second-order valence-electron chi connectivity index (χ2n) is 4.68. The van der Waals surface area contributed by atoms with Crippen molar-refractivity contribution in [3.05, 3.63) is 43.7 Å². The standard InChI is InChI=1S/C13H9Cl2NO3/c1-5-2-6-10(15)9(14)3-7-11(6)16(5)4-8(12(7)17)13(18)19/h3-5H,2H2,1H3,(H,18,19)/t5-/m0/s1. The summed E-state index contributed by atoms with van der Waals surface area (Å²) >= 11 is 12.2. The smallest absolute Gasteiger partial charge is 0.341 e. The third-order valence-electron chi connectivity index (χ3n) is 3.51. The van der Waals surface area contributed by atoms with E-state index in [1.165, 1.54) is 12.3 Å². The van der Waals surface area contributed by atoms with Crippen molar-refractivity contribution < 1.29 is 9.90 Å². The Balaban J connectivity index is 2.57. The van der Waals surface area contributed by atoms with E-state index in [2.05, 4.69) is 0 Å². The molecule has 0 amide bonds. The molecule has 2 heterocycles. The lowest BCUT2D eigenvalue weighted by Crippen LogP contribution is -2.18. The highest BCUT2D eigenvalue weighted by Crippen LogP contribution is 2.39. The van der Waals surface area contributed by atoms with Gasteiger partial charge in [-0.25, -0.2) is 4.79 Å². The van der Waals surface area contributed by atoms with Crippen LogP contribution in [0.25, 0.3) is 10.9 Å². The number of carboxylic acids is 1. The van der Waals surface area contributed by atoms with E-state index in [0.29, 0.717) is 22.3 Å². The number of carboxylic acid groups (broad SMARTS) is 1. The predicted molar refractivity (Wildman–Crippen MR) is 73.6 cm³/mol. The molecular weight excluding hydrogens is 289 g/mol. The molecule has 19 heavy (non-hydrogen) atoms. The highest BCUT2D eigenvalue weighted by Gasteiger charge is 2.27. The summed E-state index contributed by atoms with van der Waals surface area (Å²) in [5, 5.41) is 10.1. The summed E-state index contributed by atoms with van der Waals surface area (Å²) < 4.78 is 1.79. The van der Waals surface area contributed by atoms with Gasteiger partial charge in [0.15, 0.2) is 0 Å². The van der Waals surface area contributed by atoms with Crippen LogP contribution in [0.5, 0.6) is 0 Å². The van der Waals surface area contributed by atoms with Crippen LogP contribution in [0.15, 0.2) is 17.1 Å². The first-order valence-corrected chi connectivity index (χ1v) is 6.46. The minimum atomic E-state index is -1.23. The van der Waals surface area contributed by atoms with E-state index in [4.69, 9.17) is 28.3 Å². The fourth-order valence-electron chi connectivity index (χ4n) is 2.62. The molecule has 0 spiro atoms. The van der Waals surface area contributed by atoms with Gasteiger partial charge in [0.25, 0.3) is 0 Å². The zero-order chi connectivity index (χ0) is 13.9. The average Bonchev–Trinajstić information content (AvgIpc) is 2.67. The highest BCUT2D eigenvalue weighted by molar-refractivity contribution is 6.43. The van der Waals surface area contributed by atoms with E-state index in [9.17, 15) is 9.59 Å². The lowest BCUT2D eigenvalue weighted by molar-refractivity contribution is 0.0695. The monoisotopic (exact) mass is 297 g/mol. The molecule has 1 aromatic heterocycles. The summed E-state index contributed by atoms with van der Waals surface area (Å²) in [5.74, 6) is -1.23. The van der Waals surface area contributed by atoms with Gasteiger partial charge in [0.2, 0.25) is 5.43 Å². The first-order valence-electron chi connectivity index (χ1n) is 5.71. The van der Waals surface area contributed by atoms with E-state index in [1.807, 2.05) is 6.92 Å². The van der Waals surface area contributed by atoms with Crippen LogP contribution >= 0.6 is 23.2 Å². The SMILES string of the molecule is C[C@H]1Cc2c(Cl)c(Cl)cc3c(=O)c(C(=O)O)cn1c23. The van der Waals surface area contributed by atoms with E-state index >= 15 is 0 Å². The van der Waals surface area contributed by atoms with Gasteiger partial charge in [0, 0.05) is 17.6 Å². The molecule has 1 N–H and O–H groups in total. The molecule has 3 rings (SSSR count). The highest BCUT2D eigenvalue weighted by atomic mass is 35.5. The molecule has 2 aromatic rings. The van der Waals surface area contributed by atoms with Crippen molar-refractivity contribution in [2.75, 3.05) is 0 Å². The van der Waals surface area contributed by atoms with E-state index in [-0.39, 0.29) is 16.6 Å². The lowest BCUT2D eigenvalue weighted by atomic mass is 10.1. The largest absolute Gasteiger partial charge is 0.477 e. The van der Waals surface area contributed by atoms with Crippen molar-refractivity contribution in [2.45, 2.75) is 19.4 Å². The summed E-state index contributed by atoms with van der Waals surface area (Å²) in [6.45, 7) is 1.94. The topological polar surface area (TPSA) is 59.3 Å². The molecule has 0 radical (unpaired) electrons. The van der Waals surface area contributed by atoms with Crippen molar-refractivity contribution >= 4 is 40.1 Å². The predicted octanol–water partition coefficient (Wildman–Crippen LogP) is 3.12. The number of aromatic carboxylic acids is 1. The molecule has 0 bridgehead atoms. The maximum atomic E-state index is 12.2. The number of carbonyl (C=O) groups is 1. The molecule has 0 fully saturated rings. The molecule has 0 unspecified atom stereocenters. The van der Waals surface area contributed by atoms with Crippen molar-refractivity contribution in [3.8, 4) is 0 Å². The Morgan fingerprint density at radius 3 is 2.79 bits per heavy atom. The quantitative estimate of drug-likeness (QED) is 0.880. The number of pyridine rings is 1. The third kappa shape index (κ3) is 1.60. The van der Waals surface area contributed by atoms with Gasteiger partial charge in [-0.3, -0.25) is 4.79 Å². The Morgan fingerprint density at radius 2 is 2.16 bits per heavy atom. The Bertz CT molecular complexity index is 795. The van der Waals surface area contributed by atoms with E-state index in [1.54, 1.807) is 4.57 Å². The first-order chi connectivity index (χ1) is 8.91. The molecule has 0 saturated carbocycles. The molecule has 1 aliphatic rings. The van der Waals surface area contributed by atoms with Crippen LogP contribution in [0.3, 0.4) is 0 Å². The van der Waals surface area contributed by atoms with Crippen molar-refractivity contribution in [1.29, 1.82) is 0 Å². The Hall–Kier alpha value is -1.52. The molecule has 6 heteroatoms. The van der Waals surface area contributed by atoms with Gasteiger partial charge in [0.1, 0.15) is 5.56 Å². The number of hydrogen-bond acceptors (Lipinski definition) is 2. The lowest BCUT2D eigenvalue weighted by Gasteiger charge is -2.11. The Morgan fingerprint density at radius 1 is 1.47 bits per heavy atom. The zero-order valence-electron chi connectivity index (χ0n) is 9.91. The maximum absolute atomic E-state index is 12.2. The van der Waals surface area contributed by atoms with E-state index in [0.717, 1.165) is 5.56 Å². The molecule has 0 aliphatic carbocycles. The summed E-state index contributed by atoms with van der Waals surface area (Å²) in [6.07, 6.45) is 2.02. The number of benzene rings is 1. The molecule has 1 aromatic carbocycles. The average molecular weight is 298 g/mol. The van der Waals surface area contributed by atoms with Crippen LogP contribution in [0, 0.1) is 0 Å². The van der Waals surface area contributed by atoms with Crippen molar-refractivity contribution in [2.24, 2.45) is 0 Å².